The lowest BCUT2D eigenvalue weighted by Crippen LogP contribution is -2.26. The van der Waals surface area contributed by atoms with Crippen molar-refractivity contribution in [1.82, 2.24) is 19.4 Å². The molecule has 20 heavy (non-hydrogen) atoms. The molecular formula is C15H25N5. The standard InChI is InChI=1S/C15H25N5/c1-10(2)8-12(9-19(4)5)20-14-13(18-15(20)16)11(3)6-7-17-14/h6-7,10,12H,8-9H2,1-5H3,(H2,16,18). The molecule has 0 amide bonds. The number of fused-ring (bicyclic) bond motifs is 1. The van der Waals surface area contributed by atoms with E-state index in [9.17, 15) is 0 Å². The highest BCUT2D eigenvalue weighted by Gasteiger charge is 2.21. The van der Waals surface area contributed by atoms with E-state index in [0.29, 0.717) is 17.9 Å². The SMILES string of the molecule is Cc1ccnc2c1nc(N)n2C(CC(C)C)CN(C)C. The number of rotatable bonds is 5. The minimum Gasteiger partial charge on any atom is -0.369 e. The summed E-state index contributed by atoms with van der Waals surface area (Å²) in [7, 11) is 4.17. The molecule has 0 spiro atoms. The van der Waals surface area contributed by atoms with Gasteiger partial charge >= 0.3 is 0 Å². The van der Waals surface area contributed by atoms with Gasteiger partial charge in [0.1, 0.15) is 5.52 Å². The normalized spacial score (nSPS) is 13.6. The van der Waals surface area contributed by atoms with Crippen LogP contribution < -0.4 is 5.73 Å². The zero-order valence-electron chi connectivity index (χ0n) is 13.1. The number of hydrogen-bond donors (Lipinski definition) is 1. The minimum atomic E-state index is 0.296. The summed E-state index contributed by atoms with van der Waals surface area (Å²) in [5.41, 5.74) is 9.10. The first-order chi connectivity index (χ1) is 9.40. The number of nitrogens with zero attached hydrogens (tertiary/aromatic N) is 4. The Morgan fingerprint density at radius 2 is 2.05 bits per heavy atom. The smallest absolute Gasteiger partial charge is 0.202 e. The fraction of sp³-hybridized carbons (Fsp3) is 0.600. The second-order valence-electron chi connectivity index (χ2n) is 6.19. The van der Waals surface area contributed by atoms with E-state index in [2.05, 4.69) is 47.4 Å². The van der Waals surface area contributed by atoms with Crippen molar-refractivity contribution < 1.29 is 0 Å². The number of aromatic nitrogens is 3. The Kier molecular flexibility index (Phi) is 4.28. The molecule has 2 aromatic heterocycles. The predicted molar refractivity (Wildman–Crippen MR) is 83.7 cm³/mol. The monoisotopic (exact) mass is 275 g/mol. The number of aryl methyl sites for hydroxylation is 1. The first kappa shape index (κ1) is 14.8. The summed E-state index contributed by atoms with van der Waals surface area (Å²) in [4.78, 5) is 11.2. The van der Waals surface area contributed by atoms with Crippen LogP contribution in [0, 0.1) is 12.8 Å². The molecule has 2 rings (SSSR count). The van der Waals surface area contributed by atoms with Crippen molar-refractivity contribution in [2.24, 2.45) is 5.92 Å². The quantitative estimate of drug-likeness (QED) is 0.910. The average molecular weight is 275 g/mol. The van der Waals surface area contributed by atoms with Gasteiger partial charge in [-0.3, -0.25) is 4.57 Å². The predicted octanol–water partition coefficient (Wildman–Crippen LogP) is 2.47. The summed E-state index contributed by atoms with van der Waals surface area (Å²) >= 11 is 0. The van der Waals surface area contributed by atoms with Gasteiger partial charge in [-0.2, -0.15) is 0 Å². The van der Waals surface area contributed by atoms with Crippen molar-refractivity contribution in [3.8, 4) is 0 Å². The van der Waals surface area contributed by atoms with Crippen LogP contribution in [0.15, 0.2) is 12.3 Å². The molecule has 2 N–H and O–H groups in total. The second kappa shape index (κ2) is 5.79. The Hall–Kier alpha value is -1.62. The van der Waals surface area contributed by atoms with Gasteiger partial charge in [-0.15, -0.1) is 0 Å². The van der Waals surface area contributed by atoms with Crippen molar-refractivity contribution >= 4 is 17.1 Å². The molecule has 5 nitrogen and oxygen atoms in total. The molecule has 1 unspecified atom stereocenters. The van der Waals surface area contributed by atoms with Gasteiger partial charge in [-0.05, 0) is 45.0 Å². The molecule has 0 fully saturated rings. The molecule has 5 heteroatoms. The molecule has 0 bridgehead atoms. The highest BCUT2D eigenvalue weighted by atomic mass is 15.2. The Morgan fingerprint density at radius 3 is 2.65 bits per heavy atom. The summed E-state index contributed by atoms with van der Waals surface area (Å²) in [6.45, 7) is 7.45. The minimum absolute atomic E-state index is 0.296. The zero-order valence-corrected chi connectivity index (χ0v) is 13.1. The van der Waals surface area contributed by atoms with E-state index in [0.717, 1.165) is 29.7 Å². The number of pyridine rings is 1. The summed E-state index contributed by atoms with van der Waals surface area (Å²) < 4.78 is 2.10. The zero-order chi connectivity index (χ0) is 14.9. The summed E-state index contributed by atoms with van der Waals surface area (Å²) in [6, 6.07) is 2.27. The van der Waals surface area contributed by atoms with Crippen LogP contribution in [0.25, 0.3) is 11.2 Å². The van der Waals surface area contributed by atoms with Crippen molar-refractivity contribution in [2.75, 3.05) is 26.4 Å². The molecule has 110 valence electrons. The van der Waals surface area contributed by atoms with Crippen LogP contribution in [0.2, 0.25) is 0 Å². The van der Waals surface area contributed by atoms with E-state index in [-0.39, 0.29) is 0 Å². The molecule has 0 aliphatic rings. The van der Waals surface area contributed by atoms with Crippen LogP contribution >= 0.6 is 0 Å². The van der Waals surface area contributed by atoms with Crippen LogP contribution in [-0.2, 0) is 0 Å². The van der Waals surface area contributed by atoms with Gasteiger partial charge in [0.15, 0.2) is 5.65 Å². The summed E-state index contributed by atoms with van der Waals surface area (Å²) in [6.07, 6.45) is 2.89. The lowest BCUT2D eigenvalue weighted by molar-refractivity contribution is 0.294. The highest BCUT2D eigenvalue weighted by Crippen LogP contribution is 2.27. The Bertz CT molecular complexity index is 575. The maximum atomic E-state index is 6.17. The third-order valence-corrected chi connectivity index (χ3v) is 3.49. The summed E-state index contributed by atoms with van der Waals surface area (Å²) in [5, 5.41) is 0. The fourth-order valence-electron chi connectivity index (χ4n) is 2.71. The van der Waals surface area contributed by atoms with Crippen molar-refractivity contribution in [1.29, 1.82) is 0 Å². The number of hydrogen-bond acceptors (Lipinski definition) is 4. The maximum absolute atomic E-state index is 6.17. The number of nitrogen functional groups attached to an aromatic ring is 1. The Labute approximate surface area is 120 Å². The molecule has 0 saturated heterocycles. The molecule has 2 aromatic rings. The van der Waals surface area contributed by atoms with E-state index in [1.165, 1.54) is 0 Å². The van der Waals surface area contributed by atoms with Crippen LogP contribution in [0.3, 0.4) is 0 Å². The molecule has 0 saturated carbocycles. The van der Waals surface area contributed by atoms with Gasteiger partial charge in [-0.25, -0.2) is 9.97 Å². The molecule has 0 radical (unpaired) electrons. The molecule has 1 atom stereocenters. The molecule has 0 aromatic carbocycles. The number of imidazole rings is 1. The second-order valence-corrected chi connectivity index (χ2v) is 6.19. The molecular weight excluding hydrogens is 250 g/mol. The van der Waals surface area contributed by atoms with Crippen LogP contribution in [0.1, 0.15) is 31.9 Å². The van der Waals surface area contributed by atoms with Gasteiger partial charge < -0.3 is 10.6 Å². The third-order valence-electron chi connectivity index (χ3n) is 3.49. The maximum Gasteiger partial charge on any atom is 0.202 e. The van der Waals surface area contributed by atoms with E-state index >= 15 is 0 Å². The van der Waals surface area contributed by atoms with Crippen molar-refractivity contribution in [3.63, 3.8) is 0 Å². The first-order valence-corrected chi connectivity index (χ1v) is 7.14. The number of nitrogens with two attached hydrogens (primary N) is 1. The third kappa shape index (κ3) is 2.93. The topological polar surface area (TPSA) is 60.0 Å². The van der Waals surface area contributed by atoms with Crippen molar-refractivity contribution in [2.45, 2.75) is 33.2 Å². The molecule has 2 heterocycles. The number of anilines is 1. The van der Waals surface area contributed by atoms with E-state index < -0.39 is 0 Å². The fourth-order valence-corrected chi connectivity index (χ4v) is 2.71. The van der Waals surface area contributed by atoms with Gasteiger partial charge in [0.2, 0.25) is 5.95 Å². The van der Waals surface area contributed by atoms with Gasteiger partial charge in [0.05, 0.1) is 6.04 Å². The van der Waals surface area contributed by atoms with Crippen LogP contribution in [0.5, 0.6) is 0 Å². The van der Waals surface area contributed by atoms with E-state index in [4.69, 9.17) is 5.73 Å². The average Bonchev–Trinajstić information content (AvgIpc) is 2.65. The Morgan fingerprint density at radius 1 is 1.35 bits per heavy atom. The Balaban J connectivity index is 2.52. The van der Waals surface area contributed by atoms with Crippen LogP contribution in [-0.4, -0.2) is 40.1 Å². The largest absolute Gasteiger partial charge is 0.369 e. The number of likely N-dealkylation sites (N-methyl/N-ethyl adjacent to an activating group) is 1. The van der Waals surface area contributed by atoms with Crippen LogP contribution in [0.4, 0.5) is 5.95 Å². The van der Waals surface area contributed by atoms with Crippen molar-refractivity contribution in [3.05, 3.63) is 17.8 Å². The lowest BCUT2D eigenvalue weighted by Gasteiger charge is -2.25. The lowest BCUT2D eigenvalue weighted by atomic mass is 10.0. The van der Waals surface area contributed by atoms with E-state index in [1.807, 2.05) is 19.2 Å². The summed E-state index contributed by atoms with van der Waals surface area (Å²) in [5.74, 6) is 1.16. The molecule has 0 aliphatic heterocycles. The van der Waals surface area contributed by atoms with Gasteiger partial charge in [0, 0.05) is 12.7 Å². The van der Waals surface area contributed by atoms with Gasteiger partial charge in [0.25, 0.3) is 0 Å². The highest BCUT2D eigenvalue weighted by molar-refractivity contribution is 5.77. The first-order valence-electron chi connectivity index (χ1n) is 7.14. The molecule has 0 aliphatic carbocycles. The van der Waals surface area contributed by atoms with Gasteiger partial charge in [-0.1, -0.05) is 13.8 Å². The van der Waals surface area contributed by atoms with E-state index in [1.54, 1.807) is 0 Å².